The van der Waals surface area contributed by atoms with Crippen LogP contribution in [0.25, 0.3) is 11.0 Å². The number of unbranched alkanes of at least 4 members (excludes halogenated alkanes) is 7. The van der Waals surface area contributed by atoms with Crippen molar-refractivity contribution >= 4 is 23.6 Å². The molecule has 160 valence electrons. The Labute approximate surface area is 176 Å². The molecule has 1 aromatic heterocycles. The fourth-order valence-corrected chi connectivity index (χ4v) is 3.99. The summed E-state index contributed by atoms with van der Waals surface area (Å²) < 4.78 is 14.7. The first-order valence-corrected chi connectivity index (χ1v) is 11.4. The maximum absolute atomic E-state index is 6.34. The molecule has 5 nitrogen and oxygen atoms in total. The maximum Gasteiger partial charge on any atom is 0.497 e. The molecule has 0 N–H and O–H groups in total. The molecule has 1 aliphatic heterocycles. The molecule has 0 spiro atoms. The van der Waals surface area contributed by atoms with Crippen LogP contribution in [-0.2, 0) is 15.9 Å². The van der Waals surface area contributed by atoms with Gasteiger partial charge in [0.15, 0.2) is 0 Å². The van der Waals surface area contributed by atoms with E-state index < -0.39 is 7.12 Å². The number of benzene rings is 1. The van der Waals surface area contributed by atoms with Gasteiger partial charge in [0.25, 0.3) is 0 Å². The molecule has 2 aromatic rings. The van der Waals surface area contributed by atoms with Gasteiger partial charge in [0.1, 0.15) is 5.52 Å². The smallest absolute Gasteiger partial charge is 0.399 e. The molecule has 1 fully saturated rings. The van der Waals surface area contributed by atoms with Crippen molar-refractivity contribution in [2.24, 2.45) is 0 Å². The second kappa shape index (κ2) is 9.17. The molecule has 1 saturated heterocycles. The molecule has 3 rings (SSSR count). The summed E-state index contributed by atoms with van der Waals surface area (Å²) in [5.74, 6) is 0. The Morgan fingerprint density at radius 3 is 2.10 bits per heavy atom. The second-order valence-corrected chi connectivity index (χ2v) is 9.60. The van der Waals surface area contributed by atoms with Gasteiger partial charge in [-0.05, 0) is 52.7 Å². The van der Waals surface area contributed by atoms with Gasteiger partial charge in [-0.1, -0.05) is 63.1 Å². The SMILES string of the molecule is CCCCCCCCCCn1nnc2cc(C)cc(B3OC(C)(C)C(C)(C)O3)c21. The van der Waals surface area contributed by atoms with Gasteiger partial charge in [-0.2, -0.15) is 0 Å². The van der Waals surface area contributed by atoms with Crippen LogP contribution in [0, 0.1) is 6.92 Å². The third-order valence-corrected chi connectivity index (χ3v) is 6.51. The number of rotatable bonds is 10. The zero-order valence-electron chi connectivity index (χ0n) is 19.3. The van der Waals surface area contributed by atoms with Crippen LogP contribution in [0.2, 0.25) is 0 Å². The van der Waals surface area contributed by atoms with Gasteiger partial charge in [0.05, 0.1) is 16.7 Å². The van der Waals surface area contributed by atoms with Gasteiger partial charge in [-0.25, -0.2) is 4.68 Å². The zero-order valence-corrected chi connectivity index (χ0v) is 19.3. The summed E-state index contributed by atoms with van der Waals surface area (Å²) in [7, 11) is -0.391. The molecular weight excluding hydrogens is 361 g/mol. The van der Waals surface area contributed by atoms with Gasteiger partial charge in [-0.15, -0.1) is 5.10 Å². The fourth-order valence-electron chi connectivity index (χ4n) is 3.99. The molecule has 2 heterocycles. The van der Waals surface area contributed by atoms with E-state index >= 15 is 0 Å². The van der Waals surface area contributed by atoms with E-state index in [4.69, 9.17) is 9.31 Å². The summed E-state index contributed by atoms with van der Waals surface area (Å²) in [6.07, 6.45) is 10.4. The highest BCUT2D eigenvalue weighted by atomic mass is 16.7. The molecule has 0 saturated carbocycles. The van der Waals surface area contributed by atoms with Crippen molar-refractivity contribution in [3.63, 3.8) is 0 Å². The Balaban J connectivity index is 1.69. The van der Waals surface area contributed by atoms with Crippen LogP contribution in [0.15, 0.2) is 12.1 Å². The van der Waals surface area contributed by atoms with Crippen LogP contribution >= 0.6 is 0 Å². The van der Waals surface area contributed by atoms with Crippen LogP contribution in [0.4, 0.5) is 0 Å². The maximum atomic E-state index is 6.34. The van der Waals surface area contributed by atoms with Crippen molar-refractivity contribution < 1.29 is 9.31 Å². The molecule has 0 radical (unpaired) electrons. The fraction of sp³-hybridized carbons (Fsp3) is 0.739. The van der Waals surface area contributed by atoms with Crippen LogP contribution in [-0.4, -0.2) is 33.3 Å². The van der Waals surface area contributed by atoms with E-state index in [0.29, 0.717) is 0 Å². The predicted molar refractivity (Wildman–Crippen MR) is 121 cm³/mol. The lowest BCUT2D eigenvalue weighted by Gasteiger charge is -2.32. The van der Waals surface area contributed by atoms with E-state index in [1.165, 1.54) is 44.9 Å². The summed E-state index contributed by atoms with van der Waals surface area (Å²) in [6.45, 7) is 13.6. The normalized spacial score (nSPS) is 18.1. The average Bonchev–Trinajstić information content (AvgIpc) is 3.14. The summed E-state index contributed by atoms with van der Waals surface area (Å²) in [4.78, 5) is 0. The van der Waals surface area contributed by atoms with Crippen molar-refractivity contribution in [3.05, 3.63) is 17.7 Å². The predicted octanol–water partition coefficient (Wildman–Crippen LogP) is 5.18. The van der Waals surface area contributed by atoms with Crippen molar-refractivity contribution in [1.29, 1.82) is 0 Å². The van der Waals surface area contributed by atoms with Crippen LogP contribution in [0.1, 0.15) is 91.5 Å². The Hall–Kier alpha value is -1.40. The lowest BCUT2D eigenvalue weighted by molar-refractivity contribution is 0.00578. The van der Waals surface area contributed by atoms with Gasteiger partial charge >= 0.3 is 7.12 Å². The minimum absolute atomic E-state index is 0.357. The van der Waals surface area contributed by atoms with E-state index in [1.54, 1.807) is 0 Å². The van der Waals surface area contributed by atoms with E-state index in [-0.39, 0.29) is 11.2 Å². The Morgan fingerprint density at radius 1 is 0.897 bits per heavy atom. The summed E-state index contributed by atoms with van der Waals surface area (Å²) in [5.41, 5.74) is 3.46. The lowest BCUT2D eigenvalue weighted by atomic mass is 9.77. The van der Waals surface area contributed by atoms with Crippen molar-refractivity contribution in [3.8, 4) is 0 Å². The van der Waals surface area contributed by atoms with Gasteiger partial charge < -0.3 is 9.31 Å². The Morgan fingerprint density at radius 2 is 1.48 bits per heavy atom. The number of fused-ring (bicyclic) bond motifs is 1. The lowest BCUT2D eigenvalue weighted by Crippen LogP contribution is -2.41. The number of nitrogens with zero attached hydrogens (tertiary/aromatic N) is 3. The van der Waals surface area contributed by atoms with Crippen molar-refractivity contribution in [2.75, 3.05) is 0 Å². The highest BCUT2D eigenvalue weighted by Crippen LogP contribution is 2.37. The van der Waals surface area contributed by atoms with Crippen molar-refractivity contribution in [1.82, 2.24) is 15.0 Å². The second-order valence-electron chi connectivity index (χ2n) is 9.60. The highest BCUT2D eigenvalue weighted by Gasteiger charge is 2.52. The van der Waals surface area contributed by atoms with Gasteiger partial charge in [0, 0.05) is 12.0 Å². The van der Waals surface area contributed by atoms with E-state index in [1.807, 2.05) is 4.68 Å². The van der Waals surface area contributed by atoms with Crippen LogP contribution < -0.4 is 5.46 Å². The third-order valence-electron chi connectivity index (χ3n) is 6.51. The largest absolute Gasteiger partial charge is 0.497 e. The molecule has 0 atom stereocenters. The number of aromatic nitrogens is 3. The summed E-state index contributed by atoms with van der Waals surface area (Å²) in [6, 6.07) is 4.26. The molecule has 0 bridgehead atoms. The van der Waals surface area contributed by atoms with Gasteiger partial charge in [-0.3, -0.25) is 0 Å². The number of aryl methyl sites for hydroxylation is 2. The minimum Gasteiger partial charge on any atom is -0.399 e. The minimum atomic E-state index is -0.391. The molecule has 0 aliphatic carbocycles. The van der Waals surface area contributed by atoms with Crippen LogP contribution in [0.3, 0.4) is 0 Å². The average molecular weight is 399 g/mol. The highest BCUT2D eigenvalue weighted by molar-refractivity contribution is 6.65. The molecule has 6 heteroatoms. The number of hydrogen-bond acceptors (Lipinski definition) is 4. The summed E-state index contributed by atoms with van der Waals surface area (Å²) in [5, 5.41) is 8.89. The first-order valence-electron chi connectivity index (χ1n) is 11.4. The topological polar surface area (TPSA) is 49.2 Å². The molecule has 0 unspecified atom stereocenters. The van der Waals surface area contributed by atoms with Gasteiger partial charge in [0.2, 0.25) is 0 Å². The zero-order chi connectivity index (χ0) is 21.1. The first-order chi connectivity index (χ1) is 13.7. The molecule has 1 aliphatic rings. The first kappa shape index (κ1) is 22.3. The molecule has 1 aromatic carbocycles. The molecule has 0 amide bonds. The summed E-state index contributed by atoms with van der Waals surface area (Å²) >= 11 is 0. The monoisotopic (exact) mass is 399 g/mol. The standard InChI is InChI=1S/C23H38BN3O2/c1-7-8-9-10-11-12-13-14-15-27-21-19(16-18(2)17-20(21)25-26-27)24-28-22(3,4)23(5,6)29-24/h16-17H,7-15H2,1-6H3. The molecule has 29 heavy (non-hydrogen) atoms. The molecular formula is C23H38BN3O2. The Bertz CT molecular complexity index is 800. The van der Waals surface area contributed by atoms with Crippen LogP contribution in [0.5, 0.6) is 0 Å². The quantitative estimate of drug-likeness (QED) is 0.408. The van der Waals surface area contributed by atoms with E-state index in [9.17, 15) is 0 Å². The number of hydrogen-bond donors (Lipinski definition) is 0. The van der Waals surface area contributed by atoms with E-state index in [2.05, 4.69) is 64.0 Å². The Kier molecular flexibility index (Phi) is 7.05. The van der Waals surface area contributed by atoms with Crippen molar-refractivity contribution in [2.45, 2.75) is 111 Å². The third kappa shape index (κ3) is 5.03. The van der Waals surface area contributed by atoms with E-state index in [0.717, 1.165) is 35.0 Å².